The molecular formula is C20H23N3O3. The quantitative estimate of drug-likeness (QED) is 0.789. The number of hydrogen-bond acceptors (Lipinski definition) is 3. The summed E-state index contributed by atoms with van der Waals surface area (Å²) in [7, 11) is 0. The molecule has 2 aromatic rings. The standard InChI is InChI=1S/C20H23N3O3/c1-14-4-2-3-5-17(14)15-6-8-16(9-7-15)22-20(26)23-12-11-21-19(25)18(23)10-13-24/h2-9,18,24H,10-13H2,1H3,(H,21,25)(H,22,26)/t18-/m1/s1. The highest BCUT2D eigenvalue weighted by molar-refractivity contribution is 5.94. The van der Waals surface area contributed by atoms with Crippen molar-refractivity contribution in [2.75, 3.05) is 25.0 Å². The molecule has 26 heavy (non-hydrogen) atoms. The van der Waals surface area contributed by atoms with Crippen LogP contribution < -0.4 is 10.6 Å². The number of benzene rings is 2. The zero-order chi connectivity index (χ0) is 18.5. The van der Waals surface area contributed by atoms with E-state index in [0.29, 0.717) is 18.8 Å². The van der Waals surface area contributed by atoms with Crippen molar-refractivity contribution in [3.05, 3.63) is 54.1 Å². The molecule has 3 rings (SSSR count). The Morgan fingerprint density at radius 2 is 1.96 bits per heavy atom. The van der Waals surface area contributed by atoms with Crippen molar-refractivity contribution in [3.63, 3.8) is 0 Å². The third-order valence-corrected chi connectivity index (χ3v) is 4.59. The van der Waals surface area contributed by atoms with Crippen LogP contribution in [-0.2, 0) is 4.79 Å². The molecule has 1 heterocycles. The van der Waals surface area contributed by atoms with E-state index in [2.05, 4.69) is 29.7 Å². The van der Waals surface area contributed by atoms with Crippen LogP contribution in [0.4, 0.5) is 10.5 Å². The lowest BCUT2D eigenvalue weighted by Gasteiger charge is -2.34. The van der Waals surface area contributed by atoms with Crippen LogP contribution >= 0.6 is 0 Å². The van der Waals surface area contributed by atoms with E-state index in [1.54, 1.807) is 0 Å². The van der Waals surface area contributed by atoms with Crippen LogP contribution in [0.15, 0.2) is 48.5 Å². The predicted octanol–water partition coefficient (Wildman–Crippen LogP) is 2.38. The van der Waals surface area contributed by atoms with E-state index in [1.807, 2.05) is 36.4 Å². The number of aliphatic hydroxyl groups excluding tert-OH is 1. The fourth-order valence-corrected chi connectivity index (χ4v) is 3.19. The Kier molecular flexibility index (Phi) is 5.53. The van der Waals surface area contributed by atoms with Crippen LogP contribution in [-0.4, -0.2) is 47.7 Å². The molecule has 1 aliphatic heterocycles. The third kappa shape index (κ3) is 3.86. The van der Waals surface area contributed by atoms with Crippen LogP contribution in [0.2, 0.25) is 0 Å². The van der Waals surface area contributed by atoms with Crippen molar-refractivity contribution in [1.82, 2.24) is 10.2 Å². The molecule has 2 aromatic carbocycles. The number of nitrogens with one attached hydrogen (secondary N) is 2. The lowest BCUT2D eigenvalue weighted by Crippen LogP contribution is -2.58. The normalized spacial score (nSPS) is 16.9. The van der Waals surface area contributed by atoms with Crippen molar-refractivity contribution in [2.45, 2.75) is 19.4 Å². The minimum absolute atomic E-state index is 0.146. The molecular weight excluding hydrogens is 330 g/mol. The number of anilines is 1. The molecule has 1 fully saturated rings. The summed E-state index contributed by atoms with van der Waals surface area (Å²) in [5.41, 5.74) is 4.09. The average Bonchev–Trinajstić information content (AvgIpc) is 2.65. The number of urea groups is 1. The number of carbonyl (C=O) groups excluding carboxylic acids is 2. The van der Waals surface area contributed by atoms with Crippen LogP contribution in [0.1, 0.15) is 12.0 Å². The van der Waals surface area contributed by atoms with Crippen LogP contribution in [0.5, 0.6) is 0 Å². The van der Waals surface area contributed by atoms with Gasteiger partial charge in [-0.3, -0.25) is 4.79 Å². The van der Waals surface area contributed by atoms with Gasteiger partial charge in [0, 0.05) is 25.4 Å². The van der Waals surface area contributed by atoms with Gasteiger partial charge in [-0.15, -0.1) is 0 Å². The molecule has 1 saturated heterocycles. The molecule has 6 heteroatoms. The van der Waals surface area contributed by atoms with E-state index in [0.717, 1.165) is 11.1 Å². The van der Waals surface area contributed by atoms with E-state index in [9.17, 15) is 9.59 Å². The summed E-state index contributed by atoms with van der Waals surface area (Å²) in [6.45, 7) is 2.75. The Balaban J connectivity index is 1.71. The summed E-state index contributed by atoms with van der Waals surface area (Å²) in [6.07, 6.45) is 0.228. The van der Waals surface area contributed by atoms with Gasteiger partial charge in [0.15, 0.2) is 0 Å². The third-order valence-electron chi connectivity index (χ3n) is 4.59. The van der Waals surface area contributed by atoms with Gasteiger partial charge in [0.05, 0.1) is 0 Å². The zero-order valence-corrected chi connectivity index (χ0v) is 14.7. The highest BCUT2D eigenvalue weighted by Gasteiger charge is 2.32. The second-order valence-corrected chi connectivity index (χ2v) is 6.33. The molecule has 0 aromatic heterocycles. The van der Waals surface area contributed by atoms with Gasteiger partial charge in [0.25, 0.3) is 0 Å². The Morgan fingerprint density at radius 1 is 1.23 bits per heavy atom. The zero-order valence-electron chi connectivity index (χ0n) is 14.7. The number of aryl methyl sites for hydroxylation is 1. The van der Waals surface area contributed by atoms with Gasteiger partial charge < -0.3 is 20.6 Å². The lowest BCUT2D eigenvalue weighted by atomic mass is 10.0. The second-order valence-electron chi connectivity index (χ2n) is 6.33. The maximum absolute atomic E-state index is 12.6. The lowest BCUT2D eigenvalue weighted by molar-refractivity contribution is -0.128. The largest absolute Gasteiger partial charge is 0.396 e. The van der Waals surface area contributed by atoms with Crippen molar-refractivity contribution >= 4 is 17.6 Å². The van der Waals surface area contributed by atoms with Crippen molar-refractivity contribution in [3.8, 4) is 11.1 Å². The first-order valence-corrected chi connectivity index (χ1v) is 8.72. The maximum atomic E-state index is 12.6. The fraction of sp³-hybridized carbons (Fsp3) is 0.300. The van der Waals surface area contributed by atoms with Gasteiger partial charge in [0.1, 0.15) is 6.04 Å². The first-order valence-electron chi connectivity index (χ1n) is 8.72. The first-order chi connectivity index (χ1) is 12.6. The van der Waals surface area contributed by atoms with Crippen LogP contribution in [0.25, 0.3) is 11.1 Å². The minimum atomic E-state index is -0.639. The first kappa shape index (κ1) is 17.9. The van der Waals surface area contributed by atoms with Crippen LogP contribution in [0.3, 0.4) is 0 Å². The van der Waals surface area contributed by atoms with Crippen molar-refractivity contribution < 1.29 is 14.7 Å². The minimum Gasteiger partial charge on any atom is -0.396 e. The van der Waals surface area contributed by atoms with Gasteiger partial charge in [-0.05, 0) is 42.2 Å². The van der Waals surface area contributed by atoms with Crippen LogP contribution in [0, 0.1) is 6.92 Å². The summed E-state index contributed by atoms with van der Waals surface area (Å²) >= 11 is 0. The summed E-state index contributed by atoms with van der Waals surface area (Å²) in [6, 6.07) is 14.8. The Morgan fingerprint density at radius 3 is 2.65 bits per heavy atom. The van der Waals surface area contributed by atoms with Gasteiger partial charge in [-0.2, -0.15) is 0 Å². The molecule has 3 N–H and O–H groups in total. The SMILES string of the molecule is Cc1ccccc1-c1ccc(NC(=O)N2CCNC(=O)[C@H]2CCO)cc1. The monoisotopic (exact) mass is 353 g/mol. The summed E-state index contributed by atoms with van der Waals surface area (Å²) in [4.78, 5) is 26.0. The summed E-state index contributed by atoms with van der Waals surface area (Å²) < 4.78 is 0. The molecule has 0 saturated carbocycles. The fourth-order valence-electron chi connectivity index (χ4n) is 3.19. The molecule has 0 unspecified atom stereocenters. The average molecular weight is 353 g/mol. The Bertz CT molecular complexity index is 789. The highest BCUT2D eigenvalue weighted by atomic mass is 16.3. The Hall–Kier alpha value is -2.86. The second kappa shape index (κ2) is 8.01. The van der Waals surface area contributed by atoms with Gasteiger partial charge >= 0.3 is 6.03 Å². The number of carbonyl (C=O) groups is 2. The van der Waals surface area contributed by atoms with E-state index >= 15 is 0 Å². The number of aliphatic hydroxyl groups is 1. The molecule has 0 bridgehead atoms. The summed E-state index contributed by atoms with van der Waals surface area (Å²) in [5.74, 6) is -0.227. The molecule has 136 valence electrons. The van der Waals surface area contributed by atoms with Crippen molar-refractivity contribution in [1.29, 1.82) is 0 Å². The van der Waals surface area contributed by atoms with Gasteiger partial charge in [-0.1, -0.05) is 36.4 Å². The topological polar surface area (TPSA) is 81.7 Å². The number of piperazine rings is 1. The summed E-state index contributed by atoms with van der Waals surface area (Å²) in [5, 5.41) is 14.7. The molecule has 3 amide bonds. The van der Waals surface area contributed by atoms with E-state index in [-0.39, 0.29) is 25.0 Å². The number of nitrogens with zero attached hydrogens (tertiary/aromatic N) is 1. The maximum Gasteiger partial charge on any atom is 0.322 e. The number of rotatable bonds is 4. The van der Waals surface area contributed by atoms with E-state index in [1.165, 1.54) is 10.5 Å². The van der Waals surface area contributed by atoms with Gasteiger partial charge in [0.2, 0.25) is 5.91 Å². The van der Waals surface area contributed by atoms with E-state index in [4.69, 9.17) is 5.11 Å². The van der Waals surface area contributed by atoms with Gasteiger partial charge in [-0.25, -0.2) is 4.79 Å². The molecule has 0 aliphatic carbocycles. The van der Waals surface area contributed by atoms with Crippen molar-refractivity contribution in [2.24, 2.45) is 0 Å². The predicted molar refractivity (Wildman–Crippen MR) is 101 cm³/mol. The number of hydrogen-bond donors (Lipinski definition) is 3. The molecule has 6 nitrogen and oxygen atoms in total. The smallest absolute Gasteiger partial charge is 0.322 e. The number of amides is 3. The highest BCUT2D eigenvalue weighted by Crippen LogP contribution is 2.24. The molecule has 0 spiro atoms. The molecule has 1 atom stereocenters. The molecule has 1 aliphatic rings. The van der Waals surface area contributed by atoms with E-state index < -0.39 is 6.04 Å². The molecule has 0 radical (unpaired) electrons. The Labute approximate surface area is 152 Å².